The molecule has 0 radical (unpaired) electrons. The number of rotatable bonds is 7. The first-order valence-corrected chi connectivity index (χ1v) is 7.52. The van der Waals surface area contributed by atoms with Crippen LogP contribution in [0.25, 0.3) is 0 Å². The summed E-state index contributed by atoms with van der Waals surface area (Å²) in [7, 11) is -3.13. The van der Waals surface area contributed by atoms with Crippen molar-refractivity contribution < 1.29 is 30.9 Å². The monoisotopic (exact) mass is 322 g/mol. The van der Waals surface area contributed by atoms with Gasteiger partial charge in [0.1, 0.15) is 0 Å². The van der Waals surface area contributed by atoms with E-state index < -0.39 is 35.0 Å². The molecule has 0 saturated heterocycles. The number of benzene rings is 1. The summed E-state index contributed by atoms with van der Waals surface area (Å²) in [5.41, 5.74) is 0.881. The van der Waals surface area contributed by atoms with Crippen LogP contribution in [0.2, 0.25) is 0 Å². The molecule has 21 heavy (non-hydrogen) atoms. The molecule has 8 heteroatoms. The van der Waals surface area contributed by atoms with E-state index in [1.807, 2.05) is 0 Å². The smallest absolute Gasteiger partial charge is 0.376 e. The summed E-state index contributed by atoms with van der Waals surface area (Å²) in [5, 5.41) is 0. The summed E-state index contributed by atoms with van der Waals surface area (Å²) in [6.07, 6.45) is -1.14. The van der Waals surface area contributed by atoms with Crippen LogP contribution in [0.1, 0.15) is 18.4 Å². The number of ether oxygens (including phenoxy) is 1. The topological polar surface area (TPSA) is 69.7 Å². The Morgan fingerprint density at radius 1 is 1.24 bits per heavy atom. The Hall–Kier alpha value is -1.54. The lowest BCUT2D eigenvalue weighted by Crippen LogP contribution is -2.30. The minimum atomic E-state index is -3.98. The van der Waals surface area contributed by atoms with Crippen molar-refractivity contribution in [3.05, 3.63) is 29.8 Å². The van der Waals surface area contributed by atoms with Gasteiger partial charge in [-0.15, -0.1) is 0 Å². The molecule has 0 spiro atoms. The lowest BCUT2D eigenvalue weighted by molar-refractivity contribution is -0.169. The van der Waals surface area contributed by atoms with E-state index in [9.17, 15) is 22.0 Å². The van der Waals surface area contributed by atoms with Gasteiger partial charge in [0.15, 0.2) is 0 Å². The third-order valence-corrected chi connectivity index (χ3v) is 3.99. The Kier molecular flexibility index (Phi) is 5.79. The van der Waals surface area contributed by atoms with Crippen LogP contribution in [0.5, 0.6) is 0 Å². The summed E-state index contributed by atoms with van der Waals surface area (Å²) < 4.78 is 58.4. The Labute approximate surface area is 122 Å². The van der Waals surface area contributed by atoms with Gasteiger partial charge in [0.2, 0.25) is 0 Å². The number of carbonyl (C=O) groups excluding carboxylic acids is 1. The zero-order valence-electron chi connectivity index (χ0n) is 11.6. The van der Waals surface area contributed by atoms with E-state index in [4.69, 9.17) is 0 Å². The Morgan fingerprint density at radius 2 is 1.81 bits per heavy atom. The van der Waals surface area contributed by atoms with Gasteiger partial charge >= 0.3 is 11.9 Å². The maximum atomic E-state index is 13.1. The van der Waals surface area contributed by atoms with Crippen molar-refractivity contribution in [3.63, 3.8) is 0 Å². The minimum absolute atomic E-state index is 0.0483. The van der Waals surface area contributed by atoms with Gasteiger partial charge in [0.25, 0.3) is 10.1 Å². The molecule has 0 saturated carbocycles. The molecule has 0 unspecified atom stereocenters. The van der Waals surface area contributed by atoms with Crippen LogP contribution in [-0.4, -0.2) is 34.0 Å². The molecule has 0 fully saturated rings. The molecule has 0 amide bonds. The Morgan fingerprint density at radius 3 is 2.33 bits per heavy atom. The van der Waals surface area contributed by atoms with E-state index in [-0.39, 0.29) is 11.3 Å². The average Bonchev–Trinajstić information content (AvgIpc) is 2.43. The van der Waals surface area contributed by atoms with E-state index in [0.717, 1.165) is 12.7 Å². The van der Waals surface area contributed by atoms with Crippen molar-refractivity contribution in [2.24, 2.45) is 0 Å². The fourth-order valence-corrected chi connectivity index (χ4v) is 2.43. The van der Waals surface area contributed by atoms with E-state index >= 15 is 0 Å². The predicted octanol–water partition coefficient (Wildman–Crippen LogP) is 2.29. The van der Waals surface area contributed by atoms with Crippen LogP contribution in [-0.2, 0) is 23.8 Å². The van der Waals surface area contributed by atoms with Crippen molar-refractivity contribution in [3.8, 4) is 0 Å². The molecule has 0 atom stereocenters. The van der Waals surface area contributed by atoms with Crippen molar-refractivity contribution >= 4 is 16.1 Å². The van der Waals surface area contributed by atoms with Crippen LogP contribution < -0.4 is 0 Å². The van der Waals surface area contributed by atoms with Gasteiger partial charge in [-0.3, -0.25) is 4.18 Å². The van der Waals surface area contributed by atoms with Crippen LogP contribution in [0.3, 0.4) is 0 Å². The number of alkyl halides is 2. The molecule has 0 aliphatic carbocycles. The first-order chi connectivity index (χ1) is 9.69. The molecule has 1 aromatic rings. The van der Waals surface area contributed by atoms with Crippen molar-refractivity contribution in [1.29, 1.82) is 0 Å². The van der Waals surface area contributed by atoms with Crippen LogP contribution in [0.4, 0.5) is 8.78 Å². The fourth-order valence-electron chi connectivity index (χ4n) is 1.49. The van der Waals surface area contributed by atoms with Gasteiger partial charge < -0.3 is 4.74 Å². The van der Waals surface area contributed by atoms with Crippen LogP contribution >= 0.6 is 0 Å². The summed E-state index contributed by atoms with van der Waals surface area (Å²) in [4.78, 5) is 10.7. The Bertz CT molecular complexity index is 581. The van der Waals surface area contributed by atoms with E-state index in [0.29, 0.717) is 0 Å². The Balaban J connectivity index is 2.52. The van der Waals surface area contributed by atoms with Gasteiger partial charge in [-0.25, -0.2) is 4.79 Å². The molecule has 0 N–H and O–H groups in total. The van der Waals surface area contributed by atoms with Gasteiger partial charge in [-0.1, -0.05) is 17.7 Å². The second-order valence-electron chi connectivity index (χ2n) is 4.39. The number of methoxy groups -OCH3 is 1. The first kappa shape index (κ1) is 17.5. The van der Waals surface area contributed by atoms with Gasteiger partial charge in [0, 0.05) is 6.42 Å². The third-order valence-electron chi connectivity index (χ3n) is 2.67. The molecule has 118 valence electrons. The zero-order valence-corrected chi connectivity index (χ0v) is 12.5. The maximum absolute atomic E-state index is 13.1. The number of halogens is 2. The highest BCUT2D eigenvalue weighted by Crippen LogP contribution is 2.22. The first-order valence-electron chi connectivity index (χ1n) is 6.11. The molecule has 1 rings (SSSR count). The molecule has 0 bridgehead atoms. The highest BCUT2D eigenvalue weighted by atomic mass is 32.2. The molecule has 0 aliphatic rings. The quantitative estimate of drug-likeness (QED) is 0.438. The molecule has 0 aromatic heterocycles. The van der Waals surface area contributed by atoms with Crippen molar-refractivity contribution in [2.45, 2.75) is 30.6 Å². The van der Waals surface area contributed by atoms with E-state index in [1.165, 1.54) is 12.1 Å². The van der Waals surface area contributed by atoms with E-state index in [1.54, 1.807) is 19.1 Å². The number of esters is 1. The molecule has 0 heterocycles. The SMILES string of the molecule is COC(=O)C(F)(F)CCCOS(=O)(=O)c1ccc(C)cc1. The standard InChI is InChI=1S/C13H16F2O5S/c1-10-4-6-11(7-5-10)21(17,18)20-9-3-8-13(14,15)12(16)19-2/h4-7H,3,8-9H2,1-2H3. The minimum Gasteiger partial charge on any atom is -0.465 e. The van der Waals surface area contributed by atoms with E-state index in [2.05, 4.69) is 8.92 Å². The van der Waals surface area contributed by atoms with Crippen LogP contribution in [0.15, 0.2) is 29.2 Å². The highest BCUT2D eigenvalue weighted by Gasteiger charge is 2.39. The summed E-state index contributed by atoms with van der Waals surface area (Å²) >= 11 is 0. The summed E-state index contributed by atoms with van der Waals surface area (Å²) in [6.45, 7) is 1.36. The number of hydrogen-bond acceptors (Lipinski definition) is 5. The maximum Gasteiger partial charge on any atom is 0.376 e. The summed E-state index contributed by atoms with van der Waals surface area (Å²) in [6, 6.07) is 5.94. The lowest BCUT2D eigenvalue weighted by Gasteiger charge is -2.13. The number of carbonyl (C=O) groups is 1. The fraction of sp³-hybridized carbons (Fsp3) is 0.462. The lowest BCUT2D eigenvalue weighted by atomic mass is 10.2. The highest BCUT2D eigenvalue weighted by molar-refractivity contribution is 7.86. The van der Waals surface area contributed by atoms with Gasteiger partial charge in [0.05, 0.1) is 18.6 Å². The molecule has 5 nitrogen and oxygen atoms in total. The number of aryl methyl sites for hydroxylation is 1. The molecular formula is C13H16F2O5S. The number of hydrogen-bond donors (Lipinski definition) is 0. The predicted molar refractivity (Wildman–Crippen MR) is 70.5 cm³/mol. The molecule has 0 aliphatic heterocycles. The van der Waals surface area contributed by atoms with Crippen LogP contribution in [0, 0.1) is 6.92 Å². The van der Waals surface area contributed by atoms with Crippen molar-refractivity contribution in [1.82, 2.24) is 0 Å². The molecular weight excluding hydrogens is 306 g/mol. The second-order valence-corrected chi connectivity index (χ2v) is 6.00. The second kappa shape index (κ2) is 6.95. The third kappa shape index (κ3) is 5.05. The van der Waals surface area contributed by atoms with Gasteiger partial charge in [-0.2, -0.15) is 17.2 Å². The largest absolute Gasteiger partial charge is 0.465 e. The van der Waals surface area contributed by atoms with Crippen molar-refractivity contribution in [2.75, 3.05) is 13.7 Å². The molecule has 1 aromatic carbocycles. The summed E-state index contributed by atoms with van der Waals surface area (Å²) in [5.74, 6) is -5.30. The average molecular weight is 322 g/mol. The van der Waals surface area contributed by atoms with Gasteiger partial charge in [-0.05, 0) is 25.5 Å². The normalized spacial score (nSPS) is 12.2. The zero-order chi connectivity index (χ0) is 16.1.